The Morgan fingerprint density at radius 1 is 1.33 bits per heavy atom. The minimum atomic E-state index is -0.896. The third-order valence-corrected chi connectivity index (χ3v) is 3.07. The van der Waals surface area contributed by atoms with Gasteiger partial charge in [0.05, 0.1) is 24.3 Å². The summed E-state index contributed by atoms with van der Waals surface area (Å²) in [6.07, 6.45) is -0.116. The zero-order chi connectivity index (χ0) is 15.2. The van der Waals surface area contributed by atoms with Gasteiger partial charge in [-0.3, -0.25) is 14.4 Å². The Kier molecular flexibility index (Phi) is 4.89. The fraction of sp³-hybridized carbons (Fsp3) is 0.357. The molecular weight excluding hydrogens is 274 g/mol. The van der Waals surface area contributed by atoms with E-state index < -0.39 is 11.9 Å². The van der Waals surface area contributed by atoms with Crippen LogP contribution in [-0.2, 0) is 14.3 Å². The second kappa shape index (κ2) is 6.85. The van der Waals surface area contributed by atoms with Gasteiger partial charge < -0.3 is 20.7 Å². The van der Waals surface area contributed by atoms with E-state index in [1.807, 2.05) is 0 Å². The number of nitrogens with one attached hydrogen (secondary N) is 3. The monoisotopic (exact) mass is 291 g/mol. The highest BCUT2D eigenvalue weighted by Gasteiger charge is 2.29. The summed E-state index contributed by atoms with van der Waals surface area (Å²) in [7, 11) is 1.53. The van der Waals surface area contributed by atoms with Gasteiger partial charge in [-0.2, -0.15) is 0 Å². The van der Waals surface area contributed by atoms with Crippen LogP contribution in [0.2, 0.25) is 0 Å². The van der Waals surface area contributed by atoms with Crippen LogP contribution in [0.4, 0.5) is 5.69 Å². The number of hydrogen-bond donors (Lipinski definition) is 3. The van der Waals surface area contributed by atoms with E-state index in [0.29, 0.717) is 24.4 Å². The number of carbonyl (C=O) groups is 3. The van der Waals surface area contributed by atoms with Gasteiger partial charge >= 0.3 is 0 Å². The topological polar surface area (TPSA) is 96.5 Å². The second-order valence-electron chi connectivity index (χ2n) is 4.61. The Balaban J connectivity index is 2.02. The molecule has 0 saturated carbocycles. The molecule has 0 aromatic heterocycles. The second-order valence-corrected chi connectivity index (χ2v) is 4.61. The number of ether oxygens (including phenoxy) is 1. The molecule has 2 rings (SSSR count). The van der Waals surface area contributed by atoms with Crippen LogP contribution in [0.15, 0.2) is 24.3 Å². The smallest absolute Gasteiger partial charge is 0.254 e. The maximum Gasteiger partial charge on any atom is 0.254 e. The normalized spacial score (nSPS) is 17.3. The maximum atomic E-state index is 12.1. The van der Waals surface area contributed by atoms with Gasteiger partial charge in [0.25, 0.3) is 5.91 Å². The Bertz CT molecular complexity index is 559. The molecule has 0 spiro atoms. The van der Waals surface area contributed by atoms with E-state index >= 15 is 0 Å². The Labute approximate surface area is 122 Å². The molecule has 112 valence electrons. The summed E-state index contributed by atoms with van der Waals surface area (Å²) in [4.78, 5) is 35.8. The van der Waals surface area contributed by atoms with Crippen LogP contribution in [0, 0.1) is 0 Å². The van der Waals surface area contributed by atoms with Crippen molar-refractivity contribution in [2.45, 2.75) is 12.5 Å². The third-order valence-electron chi connectivity index (χ3n) is 3.07. The number of carbonyl (C=O) groups excluding carboxylic acids is 3. The summed E-state index contributed by atoms with van der Waals surface area (Å²) in [5, 5.41) is 7.82. The Hall–Kier alpha value is -2.41. The van der Waals surface area contributed by atoms with Crippen LogP contribution < -0.4 is 16.0 Å². The fourth-order valence-corrected chi connectivity index (χ4v) is 2.01. The first-order chi connectivity index (χ1) is 10.1. The molecule has 3 N–H and O–H groups in total. The predicted molar refractivity (Wildman–Crippen MR) is 75.8 cm³/mol. The lowest BCUT2D eigenvalue weighted by molar-refractivity contribution is -0.125. The summed E-state index contributed by atoms with van der Waals surface area (Å²) in [5.74, 6) is -1.10. The lowest BCUT2D eigenvalue weighted by Crippen LogP contribution is -2.44. The molecule has 0 unspecified atom stereocenters. The highest BCUT2D eigenvalue weighted by Crippen LogP contribution is 2.18. The molecule has 0 saturated heterocycles. The molecule has 1 aromatic carbocycles. The summed E-state index contributed by atoms with van der Waals surface area (Å²) < 4.78 is 4.82. The Morgan fingerprint density at radius 3 is 2.86 bits per heavy atom. The van der Waals surface area contributed by atoms with Crippen molar-refractivity contribution in [1.29, 1.82) is 0 Å². The van der Waals surface area contributed by atoms with Gasteiger partial charge in [-0.1, -0.05) is 12.1 Å². The van der Waals surface area contributed by atoms with Crippen LogP contribution in [-0.4, -0.2) is 44.0 Å². The lowest BCUT2D eigenvalue weighted by atomic mass is 10.1. The first-order valence-corrected chi connectivity index (χ1v) is 6.58. The molecule has 1 aromatic rings. The van der Waals surface area contributed by atoms with Crippen molar-refractivity contribution in [2.24, 2.45) is 0 Å². The van der Waals surface area contributed by atoms with E-state index in [9.17, 15) is 14.4 Å². The molecule has 0 fully saturated rings. The number of para-hydroxylation sites is 1. The quantitative estimate of drug-likeness (QED) is 0.659. The zero-order valence-electron chi connectivity index (χ0n) is 11.6. The number of hydrogen-bond acceptors (Lipinski definition) is 4. The first kappa shape index (κ1) is 15.0. The molecule has 21 heavy (non-hydrogen) atoms. The highest BCUT2D eigenvalue weighted by molar-refractivity contribution is 6.10. The predicted octanol–water partition coefficient (Wildman–Crippen LogP) is -0.110. The van der Waals surface area contributed by atoms with Gasteiger partial charge in [0.15, 0.2) is 0 Å². The molecular formula is C14H17N3O4. The van der Waals surface area contributed by atoms with Crippen molar-refractivity contribution in [3.63, 3.8) is 0 Å². The number of amides is 3. The van der Waals surface area contributed by atoms with Crippen LogP contribution in [0.1, 0.15) is 16.8 Å². The molecule has 1 heterocycles. The summed E-state index contributed by atoms with van der Waals surface area (Å²) in [6.45, 7) is 0.748. The molecule has 1 aliphatic rings. The van der Waals surface area contributed by atoms with Gasteiger partial charge in [0, 0.05) is 13.7 Å². The van der Waals surface area contributed by atoms with Crippen molar-refractivity contribution in [3.05, 3.63) is 29.8 Å². The van der Waals surface area contributed by atoms with E-state index in [1.165, 1.54) is 7.11 Å². The molecule has 0 radical (unpaired) electrons. The lowest BCUT2D eigenvalue weighted by Gasteiger charge is -2.14. The van der Waals surface area contributed by atoms with Gasteiger partial charge in [0.1, 0.15) is 6.04 Å². The van der Waals surface area contributed by atoms with Crippen LogP contribution in [0.25, 0.3) is 0 Å². The number of rotatable bonds is 5. The van der Waals surface area contributed by atoms with Gasteiger partial charge in [-0.05, 0) is 12.1 Å². The summed E-state index contributed by atoms with van der Waals surface area (Å²) in [5.41, 5.74) is 0.829. The SMILES string of the molecule is COCCNC(=O)C[C@H]1NC(=O)c2ccccc2NC1=O. The molecule has 1 atom stereocenters. The third kappa shape index (κ3) is 3.79. The average molecular weight is 291 g/mol. The van der Waals surface area contributed by atoms with Crippen LogP contribution in [0.5, 0.6) is 0 Å². The van der Waals surface area contributed by atoms with Crippen molar-refractivity contribution >= 4 is 23.4 Å². The fourth-order valence-electron chi connectivity index (χ4n) is 2.01. The van der Waals surface area contributed by atoms with E-state index in [1.54, 1.807) is 24.3 Å². The molecule has 1 aliphatic heterocycles. The molecule has 7 nitrogen and oxygen atoms in total. The summed E-state index contributed by atoms with van der Waals surface area (Å²) in [6, 6.07) is 5.80. The number of fused-ring (bicyclic) bond motifs is 1. The van der Waals surface area contributed by atoms with E-state index in [-0.39, 0.29) is 18.2 Å². The van der Waals surface area contributed by atoms with Gasteiger partial charge in [-0.25, -0.2) is 0 Å². The zero-order valence-corrected chi connectivity index (χ0v) is 11.6. The van der Waals surface area contributed by atoms with Crippen LogP contribution >= 0.6 is 0 Å². The first-order valence-electron chi connectivity index (χ1n) is 6.58. The minimum absolute atomic E-state index is 0.116. The van der Waals surface area contributed by atoms with Crippen molar-refractivity contribution in [2.75, 3.05) is 25.6 Å². The van der Waals surface area contributed by atoms with Crippen molar-refractivity contribution < 1.29 is 19.1 Å². The van der Waals surface area contributed by atoms with E-state index in [2.05, 4.69) is 16.0 Å². The number of methoxy groups -OCH3 is 1. The van der Waals surface area contributed by atoms with Gasteiger partial charge in [0.2, 0.25) is 11.8 Å². The van der Waals surface area contributed by atoms with E-state index in [0.717, 1.165) is 0 Å². The minimum Gasteiger partial charge on any atom is -0.383 e. The highest BCUT2D eigenvalue weighted by atomic mass is 16.5. The van der Waals surface area contributed by atoms with Crippen molar-refractivity contribution in [3.8, 4) is 0 Å². The average Bonchev–Trinajstić information content (AvgIpc) is 2.57. The molecule has 0 bridgehead atoms. The molecule has 7 heteroatoms. The standard InChI is InChI=1S/C14H17N3O4/c1-21-7-6-15-12(18)8-11-14(20)16-10-5-3-2-4-9(10)13(19)17-11/h2-5,11H,6-8H2,1H3,(H,15,18)(H,16,20)(H,17,19)/t11-/m1/s1. The van der Waals surface area contributed by atoms with Gasteiger partial charge in [-0.15, -0.1) is 0 Å². The number of anilines is 1. The number of benzene rings is 1. The summed E-state index contributed by atoms with van der Waals surface area (Å²) >= 11 is 0. The van der Waals surface area contributed by atoms with Crippen LogP contribution in [0.3, 0.4) is 0 Å². The molecule has 3 amide bonds. The van der Waals surface area contributed by atoms with Crippen molar-refractivity contribution in [1.82, 2.24) is 10.6 Å². The largest absolute Gasteiger partial charge is 0.383 e. The Morgan fingerprint density at radius 2 is 2.10 bits per heavy atom. The molecule has 0 aliphatic carbocycles. The van der Waals surface area contributed by atoms with E-state index in [4.69, 9.17) is 4.74 Å². The maximum absolute atomic E-state index is 12.1.